The molecule has 0 aromatic carbocycles. The first-order valence-corrected chi connectivity index (χ1v) is 8.34. The van der Waals surface area contributed by atoms with Crippen LogP contribution in [-0.4, -0.2) is 24.6 Å². The van der Waals surface area contributed by atoms with E-state index in [2.05, 4.69) is 22.8 Å². The number of nitrogens with zero attached hydrogens (tertiary/aromatic N) is 1. The molecular weight excluding hydrogens is 294 g/mol. The van der Waals surface area contributed by atoms with Crippen molar-refractivity contribution in [3.8, 4) is 0 Å². The van der Waals surface area contributed by atoms with Gasteiger partial charge in [0.25, 0.3) is 5.91 Å². The minimum atomic E-state index is -0.360. The second-order valence-electron chi connectivity index (χ2n) is 5.46. The van der Waals surface area contributed by atoms with Gasteiger partial charge in [-0.2, -0.15) is 5.10 Å². The predicted molar refractivity (Wildman–Crippen MR) is 90.1 cm³/mol. The Labute approximate surface area is 137 Å². The van der Waals surface area contributed by atoms with Crippen molar-refractivity contribution in [1.82, 2.24) is 10.7 Å². The highest BCUT2D eigenvalue weighted by Crippen LogP contribution is 2.08. The number of carbonyl (C=O) groups excluding carboxylic acids is 2. The van der Waals surface area contributed by atoms with Gasteiger partial charge in [-0.1, -0.05) is 45.4 Å². The molecule has 0 radical (unpaired) electrons. The molecule has 0 saturated heterocycles. The summed E-state index contributed by atoms with van der Waals surface area (Å²) < 4.78 is 5.03. The molecule has 0 aliphatic rings. The SMILES string of the molecule is CCCCCCCCCC(=O)NCC(=O)N/N=C/c1ccco1. The smallest absolute Gasteiger partial charge is 0.259 e. The second kappa shape index (κ2) is 12.4. The van der Waals surface area contributed by atoms with E-state index >= 15 is 0 Å². The zero-order valence-electron chi connectivity index (χ0n) is 13.8. The maximum atomic E-state index is 11.6. The van der Waals surface area contributed by atoms with E-state index < -0.39 is 0 Å². The summed E-state index contributed by atoms with van der Waals surface area (Å²) in [5.74, 6) is 0.0951. The lowest BCUT2D eigenvalue weighted by Gasteiger charge is -2.04. The normalized spacial score (nSPS) is 10.8. The number of rotatable bonds is 12. The zero-order chi connectivity index (χ0) is 16.8. The Morgan fingerprint density at radius 3 is 2.57 bits per heavy atom. The Morgan fingerprint density at radius 1 is 1.13 bits per heavy atom. The molecule has 0 atom stereocenters. The van der Waals surface area contributed by atoms with E-state index in [4.69, 9.17) is 4.42 Å². The van der Waals surface area contributed by atoms with Crippen LogP contribution in [0.3, 0.4) is 0 Å². The maximum Gasteiger partial charge on any atom is 0.259 e. The molecule has 0 bridgehead atoms. The van der Waals surface area contributed by atoms with Gasteiger partial charge in [0.05, 0.1) is 19.0 Å². The number of unbranched alkanes of at least 4 members (excludes halogenated alkanes) is 6. The molecule has 1 rings (SSSR count). The highest BCUT2D eigenvalue weighted by molar-refractivity contribution is 5.85. The van der Waals surface area contributed by atoms with Crippen molar-refractivity contribution in [2.45, 2.75) is 58.3 Å². The van der Waals surface area contributed by atoms with Crippen LogP contribution in [0.2, 0.25) is 0 Å². The van der Waals surface area contributed by atoms with E-state index in [9.17, 15) is 9.59 Å². The van der Waals surface area contributed by atoms with Gasteiger partial charge in [0.1, 0.15) is 5.76 Å². The van der Waals surface area contributed by atoms with Gasteiger partial charge in [-0.25, -0.2) is 5.43 Å². The number of carbonyl (C=O) groups is 2. The summed E-state index contributed by atoms with van der Waals surface area (Å²) >= 11 is 0. The minimum absolute atomic E-state index is 0.0647. The van der Waals surface area contributed by atoms with Crippen LogP contribution >= 0.6 is 0 Å². The molecule has 1 heterocycles. The standard InChI is InChI=1S/C17H27N3O3/c1-2-3-4-5-6-7-8-11-16(21)18-14-17(22)20-19-13-15-10-9-12-23-15/h9-10,12-13H,2-8,11,14H2,1H3,(H,18,21)(H,20,22)/b19-13+. The Balaban J connectivity index is 1.99. The maximum absolute atomic E-state index is 11.6. The van der Waals surface area contributed by atoms with Crippen LogP contribution in [0.15, 0.2) is 27.9 Å². The fourth-order valence-electron chi connectivity index (χ4n) is 2.08. The summed E-state index contributed by atoms with van der Waals surface area (Å²) in [7, 11) is 0. The molecule has 0 spiro atoms. The molecule has 0 aliphatic heterocycles. The van der Waals surface area contributed by atoms with Crippen molar-refractivity contribution in [2.24, 2.45) is 5.10 Å². The van der Waals surface area contributed by atoms with Crippen molar-refractivity contribution in [3.63, 3.8) is 0 Å². The van der Waals surface area contributed by atoms with Gasteiger partial charge < -0.3 is 9.73 Å². The summed E-state index contributed by atoms with van der Waals surface area (Å²) in [5.41, 5.74) is 2.33. The molecule has 1 aromatic rings. The van der Waals surface area contributed by atoms with Crippen molar-refractivity contribution in [1.29, 1.82) is 0 Å². The van der Waals surface area contributed by atoms with Crippen LogP contribution in [0.4, 0.5) is 0 Å². The third-order valence-corrected chi connectivity index (χ3v) is 3.38. The van der Waals surface area contributed by atoms with Crippen LogP contribution < -0.4 is 10.7 Å². The predicted octanol–water partition coefficient (Wildman–Crippen LogP) is 2.99. The number of nitrogens with one attached hydrogen (secondary N) is 2. The third-order valence-electron chi connectivity index (χ3n) is 3.38. The largest absolute Gasteiger partial charge is 0.463 e. The van der Waals surface area contributed by atoms with Gasteiger partial charge in [0.15, 0.2) is 0 Å². The summed E-state index contributed by atoms with van der Waals surface area (Å²) in [5, 5.41) is 6.32. The van der Waals surface area contributed by atoms with Crippen molar-refractivity contribution < 1.29 is 14.0 Å². The Morgan fingerprint density at radius 2 is 1.87 bits per heavy atom. The van der Waals surface area contributed by atoms with Crippen LogP contribution in [-0.2, 0) is 9.59 Å². The highest BCUT2D eigenvalue weighted by atomic mass is 16.3. The minimum Gasteiger partial charge on any atom is -0.463 e. The number of hydrazone groups is 1. The molecular formula is C17H27N3O3. The quantitative estimate of drug-likeness (QED) is 0.353. The number of furan rings is 1. The zero-order valence-corrected chi connectivity index (χ0v) is 13.8. The summed E-state index contributed by atoms with van der Waals surface area (Å²) in [6, 6.07) is 3.45. The lowest BCUT2D eigenvalue weighted by molar-refractivity contribution is -0.126. The fraction of sp³-hybridized carbons (Fsp3) is 0.588. The van der Waals surface area contributed by atoms with Crippen LogP contribution in [0.5, 0.6) is 0 Å². The highest BCUT2D eigenvalue weighted by Gasteiger charge is 2.04. The molecule has 2 N–H and O–H groups in total. The number of hydrogen-bond acceptors (Lipinski definition) is 4. The van der Waals surface area contributed by atoms with E-state index in [0.29, 0.717) is 12.2 Å². The fourth-order valence-corrected chi connectivity index (χ4v) is 2.08. The number of hydrogen-bond donors (Lipinski definition) is 2. The monoisotopic (exact) mass is 321 g/mol. The molecule has 6 nitrogen and oxygen atoms in total. The van der Waals surface area contributed by atoms with Gasteiger partial charge in [-0.15, -0.1) is 0 Å². The van der Waals surface area contributed by atoms with Crippen LogP contribution in [0.25, 0.3) is 0 Å². The van der Waals surface area contributed by atoms with Gasteiger partial charge in [0, 0.05) is 6.42 Å². The average Bonchev–Trinajstić information content (AvgIpc) is 3.05. The van der Waals surface area contributed by atoms with Crippen LogP contribution in [0, 0.1) is 0 Å². The Bertz CT molecular complexity index is 469. The number of amides is 2. The van der Waals surface area contributed by atoms with E-state index in [-0.39, 0.29) is 18.4 Å². The van der Waals surface area contributed by atoms with Gasteiger partial charge in [-0.3, -0.25) is 9.59 Å². The first-order valence-electron chi connectivity index (χ1n) is 8.34. The third kappa shape index (κ3) is 10.3. The Kier molecular flexibility index (Phi) is 10.2. The molecule has 0 unspecified atom stereocenters. The molecule has 2 amide bonds. The van der Waals surface area contributed by atoms with E-state index in [0.717, 1.165) is 12.8 Å². The molecule has 0 fully saturated rings. The lowest BCUT2D eigenvalue weighted by Crippen LogP contribution is -2.34. The first-order chi connectivity index (χ1) is 11.2. The van der Waals surface area contributed by atoms with E-state index in [1.165, 1.54) is 44.6 Å². The summed E-state index contributed by atoms with van der Waals surface area (Å²) in [6.45, 7) is 2.13. The second-order valence-corrected chi connectivity index (χ2v) is 5.46. The first kappa shape index (κ1) is 18.9. The molecule has 0 aliphatic carbocycles. The van der Waals surface area contributed by atoms with Gasteiger partial charge in [-0.05, 0) is 18.6 Å². The van der Waals surface area contributed by atoms with Gasteiger partial charge >= 0.3 is 0 Å². The average molecular weight is 321 g/mol. The summed E-state index contributed by atoms with van der Waals surface area (Å²) in [6.07, 6.45) is 11.6. The molecule has 1 aromatic heterocycles. The molecule has 6 heteroatoms. The van der Waals surface area contributed by atoms with E-state index in [1.54, 1.807) is 12.1 Å². The summed E-state index contributed by atoms with van der Waals surface area (Å²) in [4.78, 5) is 23.1. The van der Waals surface area contributed by atoms with Crippen LogP contribution in [0.1, 0.15) is 64.1 Å². The van der Waals surface area contributed by atoms with Gasteiger partial charge in [0.2, 0.25) is 5.91 Å². The molecule has 0 saturated carbocycles. The lowest BCUT2D eigenvalue weighted by atomic mass is 10.1. The topological polar surface area (TPSA) is 83.7 Å². The van der Waals surface area contributed by atoms with Crippen molar-refractivity contribution in [2.75, 3.05) is 6.54 Å². The molecule has 128 valence electrons. The van der Waals surface area contributed by atoms with Crippen molar-refractivity contribution >= 4 is 18.0 Å². The Hall–Kier alpha value is -2.11. The molecule has 23 heavy (non-hydrogen) atoms. The van der Waals surface area contributed by atoms with Crippen molar-refractivity contribution in [3.05, 3.63) is 24.2 Å². The van der Waals surface area contributed by atoms with E-state index in [1.807, 2.05) is 0 Å².